The molecule has 2 atom stereocenters. The molecule has 2 N–H and O–H groups in total. The highest BCUT2D eigenvalue weighted by Gasteiger charge is 2.36. The molecule has 0 fully saturated rings. The first kappa shape index (κ1) is 14.9. The number of hydrogen-bond acceptors (Lipinski definition) is 3. The Balaban J connectivity index is 4.41. The van der Waals surface area contributed by atoms with E-state index in [0.29, 0.717) is 5.92 Å². The molecule has 0 aromatic heterocycles. The predicted octanol–water partition coefficient (Wildman–Crippen LogP) is 2.19. The van der Waals surface area contributed by atoms with Crippen LogP contribution in [0.1, 0.15) is 40.0 Å². The maximum absolute atomic E-state index is 6.29. The third-order valence-corrected chi connectivity index (χ3v) is 3.60. The molecular weight excluding hydrogens is 190 g/mol. The van der Waals surface area contributed by atoms with Crippen molar-refractivity contribution in [3.8, 4) is 0 Å². The SMILES string of the molecule is CCC(CC)(OC)C(N)C(C)CCOC. The number of ether oxygens (including phenoxy) is 2. The quantitative estimate of drug-likeness (QED) is 0.678. The van der Waals surface area contributed by atoms with Crippen molar-refractivity contribution in [3.63, 3.8) is 0 Å². The van der Waals surface area contributed by atoms with Gasteiger partial charge < -0.3 is 15.2 Å². The monoisotopic (exact) mass is 217 g/mol. The van der Waals surface area contributed by atoms with Crippen LogP contribution in [0.25, 0.3) is 0 Å². The van der Waals surface area contributed by atoms with Crippen molar-refractivity contribution < 1.29 is 9.47 Å². The second-order valence-electron chi connectivity index (χ2n) is 4.26. The van der Waals surface area contributed by atoms with Gasteiger partial charge in [-0.1, -0.05) is 20.8 Å². The highest BCUT2D eigenvalue weighted by molar-refractivity contribution is 4.91. The van der Waals surface area contributed by atoms with Crippen LogP contribution in [-0.4, -0.2) is 32.5 Å². The Bertz CT molecular complexity index is 149. The van der Waals surface area contributed by atoms with E-state index in [1.165, 1.54) is 0 Å². The van der Waals surface area contributed by atoms with Gasteiger partial charge in [0.25, 0.3) is 0 Å². The van der Waals surface area contributed by atoms with Crippen LogP contribution in [0, 0.1) is 5.92 Å². The molecule has 0 aromatic carbocycles. The summed E-state index contributed by atoms with van der Waals surface area (Å²) in [6, 6.07) is 0.0765. The van der Waals surface area contributed by atoms with Crippen molar-refractivity contribution in [3.05, 3.63) is 0 Å². The first-order valence-corrected chi connectivity index (χ1v) is 5.87. The summed E-state index contributed by atoms with van der Waals surface area (Å²) in [5, 5.41) is 0. The molecule has 0 aliphatic rings. The minimum atomic E-state index is -0.173. The van der Waals surface area contributed by atoms with Gasteiger partial charge in [0.05, 0.1) is 5.60 Å². The van der Waals surface area contributed by atoms with Gasteiger partial charge in [-0.05, 0) is 25.2 Å². The van der Waals surface area contributed by atoms with Gasteiger partial charge in [-0.3, -0.25) is 0 Å². The molecule has 0 saturated carbocycles. The summed E-state index contributed by atoms with van der Waals surface area (Å²) >= 11 is 0. The second-order valence-corrected chi connectivity index (χ2v) is 4.26. The average molecular weight is 217 g/mol. The minimum Gasteiger partial charge on any atom is -0.385 e. The van der Waals surface area contributed by atoms with Gasteiger partial charge in [0.15, 0.2) is 0 Å². The molecular formula is C12H27NO2. The molecule has 3 nitrogen and oxygen atoms in total. The normalized spacial score (nSPS) is 16.4. The smallest absolute Gasteiger partial charge is 0.0826 e. The second kappa shape index (κ2) is 7.20. The van der Waals surface area contributed by atoms with Crippen LogP contribution in [0.3, 0.4) is 0 Å². The third-order valence-electron chi connectivity index (χ3n) is 3.60. The van der Waals surface area contributed by atoms with Crippen molar-refractivity contribution >= 4 is 0 Å². The lowest BCUT2D eigenvalue weighted by atomic mass is 9.80. The summed E-state index contributed by atoms with van der Waals surface area (Å²) in [4.78, 5) is 0. The Hall–Kier alpha value is -0.120. The van der Waals surface area contributed by atoms with Crippen LogP contribution in [0.5, 0.6) is 0 Å². The topological polar surface area (TPSA) is 44.5 Å². The largest absolute Gasteiger partial charge is 0.385 e. The van der Waals surface area contributed by atoms with Crippen molar-refractivity contribution in [2.24, 2.45) is 11.7 Å². The molecule has 0 aliphatic heterocycles. The molecule has 2 unspecified atom stereocenters. The Morgan fingerprint density at radius 3 is 2.07 bits per heavy atom. The maximum atomic E-state index is 6.29. The number of hydrogen-bond donors (Lipinski definition) is 1. The molecule has 0 saturated heterocycles. The fourth-order valence-electron chi connectivity index (χ4n) is 2.15. The Kier molecular flexibility index (Phi) is 7.14. The zero-order chi connectivity index (χ0) is 11.9. The van der Waals surface area contributed by atoms with Gasteiger partial charge in [0.1, 0.15) is 0 Å². The van der Waals surface area contributed by atoms with Gasteiger partial charge >= 0.3 is 0 Å². The summed E-state index contributed by atoms with van der Waals surface area (Å²) < 4.78 is 10.7. The summed E-state index contributed by atoms with van der Waals surface area (Å²) in [5.41, 5.74) is 6.11. The Morgan fingerprint density at radius 2 is 1.73 bits per heavy atom. The molecule has 0 rings (SSSR count). The maximum Gasteiger partial charge on any atom is 0.0826 e. The summed E-state index contributed by atoms with van der Waals surface area (Å²) in [5.74, 6) is 0.421. The van der Waals surface area contributed by atoms with E-state index in [1.54, 1.807) is 14.2 Å². The van der Waals surface area contributed by atoms with E-state index in [0.717, 1.165) is 25.9 Å². The van der Waals surface area contributed by atoms with E-state index in [4.69, 9.17) is 15.2 Å². The van der Waals surface area contributed by atoms with E-state index in [1.807, 2.05) is 0 Å². The standard InChI is InChI=1S/C12H27NO2/c1-6-12(7-2,15-5)11(13)10(3)8-9-14-4/h10-11H,6-9,13H2,1-5H3. The van der Waals surface area contributed by atoms with E-state index in [-0.39, 0.29) is 11.6 Å². The molecule has 0 aromatic rings. The van der Waals surface area contributed by atoms with Gasteiger partial charge in [0, 0.05) is 26.9 Å². The van der Waals surface area contributed by atoms with Crippen LogP contribution in [0.15, 0.2) is 0 Å². The fraction of sp³-hybridized carbons (Fsp3) is 1.00. The first-order valence-electron chi connectivity index (χ1n) is 5.87. The lowest BCUT2D eigenvalue weighted by Crippen LogP contribution is -2.52. The number of rotatable bonds is 8. The van der Waals surface area contributed by atoms with E-state index >= 15 is 0 Å². The van der Waals surface area contributed by atoms with Gasteiger partial charge in [-0.2, -0.15) is 0 Å². The van der Waals surface area contributed by atoms with E-state index < -0.39 is 0 Å². The van der Waals surface area contributed by atoms with Crippen molar-refractivity contribution in [2.75, 3.05) is 20.8 Å². The average Bonchev–Trinajstić information content (AvgIpc) is 2.28. The van der Waals surface area contributed by atoms with Crippen molar-refractivity contribution in [2.45, 2.75) is 51.7 Å². The molecule has 0 heterocycles. The molecule has 15 heavy (non-hydrogen) atoms. The lowest BCUT2D eigenvalue weighted by molar-refractivity contribution is -0.0525. The summed E-state index contributed by atoms with van der Waals surface area (Å²) in [6.07, 6.45) is 2.90. The molecule has 3 heteroatoms. The molecule has 0 aliphatic carbocycles. The number of nitrogens with two attached hydrogens (primary N) is 1. The van der Waals surface area contributed by atoms with Gasteiger partial charge in [0.2, 0.25) is 0 Å². The molecule has 0 amide bonds. The van der Waals surface area contributed by atoms with Crippen LogP contribution in [0.2, 0.25) is 0 Å². The van der Waals surface area contributed by atoms with Crippen molar-refractivity contribution in [1.82, 2.24) is 0 Å². The highest BCUT2D eigenvalue weighted by Crippen LogP contribution is 2.28. The van der Waals surface area contributed by atoms with Gasteiger partial charge in [-0.25, -0.2) is 0 Å². The fourth-order valence-corrected chi connectivity index (χ4v) is 2.15. The Labute approximate surface area is 94.3 Å². The third kappa shape index (κ3) is 3.74. The zero-order valence-electron chi connectivity index (χ0n) is 10.9. The molecule has 0 radical (unpaired) electrons. The van der Waals surface area contributed by atoms with Crippen LogP contribution >= 0.6 is 0 Å². The van der Waals surface area contributed by atoms with Crippen LogP contribution in [0.4, 0.5) is 0 Å². The number of methoxy groups -OCH3 is 2. The highest BCUT2D eigenvalue weighted by atomic mass is 16.5. The van der Waals surface area contributed by atoms with E-state index in [9.17, 15) is 0 Å². The van der Waals surface area contributed by atoms with Gasteiger partial charge in [-0.15, -0.1) is 0 Å². The van der Waals surface area contributed by atoms with E-state index in [2.05, 4.69) is 20.8 Å². The Morgan fingerprint density at radius 1 is 1.20 bits per heavy atom. The zero-order valence-corrected chi connectivity index (χ0v) is 10.9. The van der Waals surface area contributed by atoms with Crippen LogP contribution in [-0.2, 0) is 9.47 Å². The predicted molar refractivity (Wildman–Crippen MR) is 64.0 cm³/mol. The first-order chi connectivity index (χ1) is 7.07. The van der Waals surface area contributed by atoms with Crippen LogP contribution < -0.4 is 5.73 Å². The van der Waals surface area contributed by atoms with Crippen molar-refractivity contribution in [1.29, 1.82) is 0 Å². The molecule has 0 bridgehead atoms. The molecule has 92 valence electrons. The summed E-state index contributed by atoms with van der Waals surface area (Å²) in [6.45, 7) is 7.21. The molecule has 0 spiro atoms. The minimum absolute atomic E-state index is 0.0765. The lowest BCUT2D eigenvalue weighted by Gasteiger charge is -2.39. The summed E-state index contributed by atoms with van der Waals surface area (Å²) in [7, 11) is 3.48.